The van der Waals surface area contributed by atoms with E-state index < -0.39 is 16.1 Å². The maximum atomic E-state index is 12.6. The van der Waals surface area contributed by atoms with Gasteiger partial charge in [-0.3, -0.25) is 9.10 Å². The molecule has 7 heteroatoms. The average molecular weight is 419 g/mol. The SMILES string of the molecule is CCc1ccc(N(C(C)C(=O)NCCOc2cccc(C)c2C)S(C)(=O)=O)cc1. The molecule has 2 rings (SSSR count). The van der Waals surface area contributed by atoms with E-state index in [9.17, 15) is 13.2 Å². The Kier molecular flexibility index (Phi) is 7.67. The zero-order valence-corrected chi connectivity index (χ0v) is 18.5. The maximum Gasteiger partial charge on any atom is 0.243 e. The molecule has 0 radical (unpaired) electrons. The van der Waals surface area contributed by atoms with Crippen molar-refractivity contribution in [3.8, 4) is 5.75 Å². The Bertz CT molecular complexity index is 940. The van der Waals surface area contributed by atoms with Crippen LogP contribution in [0.5, 0.6) is 5.75 Å². The van der Waals surface area contributed by atoms with E-state index >= 15 is 0 Å². The molecule has 6 nitrogen and oxygen atoms in total. The quantitative estimate of drug-likeness (QED) is 0.635. The molecule has 158 valence electrons. The first kappa shape index (κ1) is 22.7. The van der Waals surface area contributed by atoms with Gasteiger partial charge < -0.3 is 10.1 Å². The molecule has 29 heavy (non-hydrogen) atoms. The largest absolute Gasteiger partial charge is 0.491 e. The zero-order chi connectivity index (χ0) is 21.6. The fraction of sp³-hybridized carbons (Fsp3) is 0.409. The number of nitrogens with zero attached hydrogens (tertiary/aromatic N) is 1. The van der Waals surface area contributed by atoms with Crippen molar-refractivity contribution in [2.45, 2.75) is 40.2 Å². The topological polar surface area (TPSA) is 75.7 Å². The molecular formula is C22H30N2O4S. The highest BCUT2D eigenvalue weighted by molar-refractivity contribution is 7.92. The molecule has 2 aromatic carbocycles. The second kappa shape index (κ2) is 9.78. The maximum absolute atomic E-state index is 12.6. The molecule has 0 fully saturated rings. The second-order valence-electron chi connectivity index (χ2n) is 7.09. The van der Waals surface area contributed by atoms with Gasteiger partial charge in [0.1, 0.15) is 18.4 Å². The summed E-state index contributed by atoms with van der Waals surface area (Å²) in [6.07, 6.45) is 1.96. The Morgan fingerprint density at radius 2 is 1.79 bits per heavy atom. The number of carbonyl (C=O) groups excluding carboxylic acids is 1. The Hall–Kier alpha value is -2.54. The van der Waals surface area contributed by atoms with Crippen LogP contribution in [0.3, 0.4) is 0 Å². The van der Waals surface area contributed by atoms with E-state index in [0.29, 0.717) is 12.3 Å². The first-order valence-electron chi connectivity index (χ1n) is 9.70. The fourth-order valence-electron chi connectivity index (χ4n) is 3.05. The van der Waals surface area contributed by atoms with Gasteiger partial charge in [-0.25, -0.2) is 8.42 Å². The van der Waals surface area contributed by atoms with Crippen molar-refractivity contribution in [2.75, 3.05) is 23.7 Å². The van der Waals surface area contributed by atoms with E-state index in [2.05, 4.69) is 5.32 Å². The number of hydrogen-bond donors (Lipinski definition) is 1. The Labute approximate surface area is 173 Å². The standard InChI is InChI=1S/C22H30N2O4S/c1-6-19-10-12-20(13-11-19)24(29(5,26)27)18(4)22(25)23-14-15-28-21-9-7-8-16(2)17(21)3/h7-13,18H,6,14-15H2,1-5H3,(H,23,25). The lowest BCUT2D eigenvalue weighted by molar-refractivity contribution is -0.121. The second-order valence-corrected chi connectivity index (χ2v) is 8.95. The van der Waals surface area contributed by atoms with Crippen LogP contribution in [0, 0.1) is 13.8 Å². The van der Waals surface area contributed by atoms with Crippen LogP contribution in [-0.2, 0) is 21.2 Å². The number of sulfonamides is 1. The smallest absolute Gasteiger partial charge is 0.243 e. The van der Waals surface area contributed by atoms with Crippen molar-refractivity contribution in [2.24, 2.45) is 0 Å². The van der Waals surface area contributed by atoms with E-state index in [1.807, 2.05) is 51.1 Å². The van der Waals surface area contributed by atoms with E-state index in [-0.39, 0.29) is 12.5 Å². The number of carbonyl (C=O) groups is 1. The van der Waals surface area contributed by atoms with Crippen LogP contribution in [0.2, 0.25) is 0 Å². The third-order valence-electron chi connectivity index (χ3n) is 4.90. The Balaban J connectivity index is 2.00. The molecule has 0 bridgehead atoms. The highest BCUT2D eigenvalue weighted by atomic mass is 32.2. The van der Waals surface area contributed by atoms with Crippen molar-refractivity contribution < 1.29 is 17.9 Å². The zero-order valence-electron chi connectivity index (χ0n) is 17.7. The molecule has 0 spiro atoms. The monoisotopic (exact) mass is 418 g/mol. The molecule has 1 atom stereocenters. The lowest BCUT2D eigenvalue weighted by atomic mass is 10.1. The molecular weight excluding hydrogens is 388 g/mol. The summed E-state index contributed by atoms with van der Waals surface area (Å²) in [6.45, 7) is 8.18. The van der Waals surface area contributed by atoms with Gasteiger partial charge in [0, 0.05) is 0 Å². The first-order chi connectivity index (χ1) is 13.6. The number of benzene rings is 2. The Morgan fingerprint density at radius 1 is 1.14 bits per heavy atom. The van der Waals surface area contributed by atoms with Gasteiger partial charge in [-0.1, -0.05) is 31.2 Å². The summed E-state index contributed by atoms with van der Waals surface area (Å²) in [7, 11) is -3.62. The van der Waals surface area contributed by atoms with Crippen LogP contribution in [0.4, 0.5) is 5.69 Å². The molecule has 0 heterocycles. The normalized spacial score (nSPS) is 12.3. The number of aryl methyl sites for hydroxylation is 2. The van der Waals surface area contributed by atoms with Crippen LogP contribution in [0.15, 0.2) is 42.5 Å². The lowest BCUT2D eigenvalue weighted by Gasteiger charge is -2.28. The van der Waals surface area contributed by atoms with Crippen molar-refractivity contribution >= 4 is 21.6 Å². The summed E-state index contributed by atoms with van der Waals surface area (Å²) >= 11 is 0. The van der Waals surface area contributed by atoms with Crippen LogP contribution in [0.25, 0.3) is 0 Å². The molecule has 0 aliphatic carbocycles. The van der Waals surface area contributed by atoms with Crippen LogP contribution in [0.1, 0.15) is 30.5 Å². The number of nitrogens with one attached hydrogen (secondary N) is 1. The number of anilines is 1. The van der Waals surface area contributed by atoms with Gasteiger partial charge in [0.25, 0.3) is 0 Å². The molecule has 0 aliphatic rings. The van der Waals surface area contributed by atoms with Crippen LogP contribution >= 0.6 is 0 Å². The van der Waals surface area contributed by atoms with Gasteiger partial charge in [0.05, 0.1) is 18.5 Å². The summed E-state index contributed by atoms with van der Waals surface area (Å²) in [5.74, 6) is 0.403. The lowest BCUT2D eigenvalue weighted by Crippen LogP contribution is -2.48. The molecule has 0 saturated carbocycles. The molecule has 0 aromatic heterocycles. The van der Waals surface area contributed by atoms with E-state index in [1.54, 1.807) is 19.1 Å². The number of hydrogen-bond acceptors (Lipinski definition) is 4. The minimum Gasteiger partial charge on any atom is -0.491 e. The van der Waals surface area contributed by atoms with Gasteiger partial charge in [0.2, 0.25) is 15.9 Å². The van der Waals surface area contributed by atoms with Gasteiger partial charge in [-0.05, 0) is 62.1 Å². The van der Waals surface area contributed by atoms with Crippen molar-refractivity contribution in [3.63, 3.8) is 0 Å². The van der Waals surface area contributed by atoms with E-state index in [1.165, 1.54) is 0 Å². The summed E-state index contributed by atoms with van der Waals surface area (Å²) in [5.41, 5.74) is 3.77. The predicted molar refractivity (Wildman–Crippen MR) is 117 cm³/mol. The Morgan fingerprint density at radius 3 is 2.38 bits per heavy atom. The molecule has 1 N–H and O–H groups in total. The summed E-state index contributed by atoms with van der Waals surface area (Å²) in [4.78, 5) is 12.6. The van der Waals surface area contributed by atoms with Gasteiger partial charge in [-0.2, -0.15) is 0 Å². The van der Waals surface area contributed by atoms with Crippen molar-refractivity contribution in [3.05, 3.63) is 59.2 Å². The van der Waals surface area contributed by atoms with E-state index in [0.717, 1.165) is 39.4 Å². The highest BCUT2D eigenvalue weighted by Gasteiger charge is 2.28. The summed E-state index contributed by atoms with van der Waals surface area (Å²) in [5, 5.41) is 2.76. The summed E-state index contributed by atoms with van der Waals surface area (Å²) in [6, 6.07) is 12.1. The summed E-state index contributed by atoms with van der Waals surface area (Å²) < 4.78 is 31.6. The highest BCUT2D eigenvalue weighted by Crippen LogP contribution is 2.22. The van der Waals surface area contributed by atoms with Gasteiger partial charge in [-0.15, -0.1) is 0 Å². The minimum absolute atomic E-state index is 0.281. The average Bonchev–Trinajstić information content (AvgIpc) is 2.67. The number of rotatable bonds is 9. The van der Waals surface area contributed by atoms with Crippen molar-refractivity contribution in [1.82, 2.24) is 5.32 Å². The minimum atomic E-state index is -3.62. The van der Waals surface area contributed by atoms with Crippen LogP contribution in [-0.4, -0.2) is 39.8 Å². The number of amides is 1. The molecule has 1 unspecified atom stereocenters. The van der Waals surface area contributed by atoms with Gasteiger partial charge in [0.15, 0.2) is 0 Å². The van der Waals surface area contributed by atoms with E-state index in [4.69, 9.17) is 4.74 Å². The molecule has 2 aromatic rings. The van der Waals surface area contributed by atoms with Crippen LogP contribution < -0.4 is 14.4 Å². The van der Waals surface area contributed by atoms with Crippen molar-refractivity contribution in [1.29, 1.82) is 0 Å². The van der Waals surface area contributed by atoms with Gasteiger partial charge >= 0.3 is 0 Å². The molecule has 0 saturated heterocycles. The number of ether oxygens (including phenoxy) is 1. The fourth-order valence-corrected chi connectivity index (χ4v) is 4.23. The molecule has 1 amide bonds. The predicted octanol–water partition coefficient (Wildman–Crippen LogP) is 3.22. The third kappa shape index (κ3) is 5.97. The first-order valence-corrected chi connectivity index (χ1v) is 11.5. The molecule has 0 aliphatic heterocycles. The third-order valence-corrected chi connectivity index (χ3v) is 6.14.